The first-order valence-electron chi connectivity index (χ1n) is 8.74. The van der Waals surface area contributed by atoms with Crippen LogP contribution in [-0.4, -0.2) is 23.3 Å². The number of fused-ring (bicyclic) bond motifs is 1. The van der Waals surface area contributed by atoms with Crippen molar-refractivity contribution in [1.29, 1.82) is 0 Å². The Morgan fingerprint density at radius 1 is 0.929 bits per heavy atom. The predicted octanol–water partition coefficient (Wildman–Crippen LogP) is 4.15. The van der Waals surface area contributed by atoms with Gasteiger partial charge in [0.15, 0.2) is 0 Å². The molecule has 1 aliphatic heterocycles. The number of hydrogen-bond donors (Lipinski definition) is 1. The lowest BCUT2D eigenvalue weighted by Gasteiger charge is -2.30. The number of benzene rings is 3. The van der Waals surface area contributed by atoms with Crippen LogP contribution < -0.4 is 5.32 Å². The normalized spacial score (nSPS) is 16.1. The summed E-state index contributed by atoms with van der Waals surface area (Å²) in [7, 11) is 0. The standard InChI is InChI=1S/C22H16F2N2O2/c23-16-8-4-7-15(11-16)22(28)26-13-20(27)25-19-10-9-17(24)12-18(19)21(26)14-5-2-1-3-6-14/h1-12,21H,13H2,(H,25,27)/t21-/m1/s1. The van der Waals surface area contributed by atoms with Crippen molar-refractivity contribution in [2.45, 2.75) is 6.04 Å². The van der Waals surface area contributed by atoms with Gasteiger partial charge in [0.2, 0.25) is 5.91 Å². The summed E-state index contributed by atoms with van der Waals surface area (Å²) < 4.78 is 27.7. The van der Waals surface area contributed by atoms with Gasteiger partial charge in [-0.15, -0.1) is 0 Å². The second-order valence-corrected chi connectivity index (χ2v) is 6.54. The van der Waals surface area contributed by atoms with Gasteiger partial charge in [0.25, 0.3) is 5.91 Å². The number of amides is 2. The largest absolute Gasteiger partial charge is 0.324 e. The maximum absolute atomic E-state index is 14.1. The lowest BCUT2D eigenvalue weighted by atomic mass is 9.95. The molecule has 0 saturated heterocycles. The maximum Gasteiger partial charge on any atom is 0.255 e. The second-order valence-electron chi connectivity index (χ2n) is 6.54. The van der Waals surface area contributed by atoms with E-state index in [-0.39, 0.29) is 12.1 Å². The molecule has 0 fully saturated rings. The molecule has 0 radical (unpaired) electrons. The highest BCUT2D eigenvalue weighted by Crippen LogP contribution is 2.36. The lowest BCUT2D eigenvalue weighted by molar-refractivity contribution is -0.117. The molecule has 2 amide bonds. The van der Waals surface area contributed by atoms with Gasteiger partial charge >= 0.3 is 0 Å². The molecule has 0 bridgehead atoms. The topological polar surface area (TPSA) is 49.4 Å². The molecule has 1 heterocycles. The Morgan fingerprint density at radius 3 is 2.43 bits per heavy atom. The molecule has 1 N–H and O–H groups in total. The molecule has 4 rings (SSSR count). The van der Waals surface area contributed by atoms with Crippen molar-refractivity contribution in [3.8, 4) is 0 Å². The number of halogens is 2. The molecule has 0 saturated carbocycles. The van der Waals surface area contributed by atoms with Crippen LogP contribution in [0.4, 0.5) is 14.5 Å². The van der Waals surface area contributed by atoms with Crippen LogP contribution in [0.15, 0.2) is 72.8 Å². The monoisotopic (exact) mass is 378 g/mol. The van der Waals surface area contributed by atoms with Crippen molar-refractivity contribution in [2.75, 3.05) is 11.9 Å². The van der Waals surface area contributed by atoms with Crippen LogP contribution >= 0.6 is 0 Å². The first-order chi connectivity index (χ1) is 13.5. The summed E-state index contributed by atoms with van der Waals surface area (Å²) >= 11 is 0. The van der Waals surface area contributed by atoms with Gasteiger partial charge in [0, 0.05) is 16.8 Å². The molecule has 28 heavy (non-hydrogen) atoms. The summed E-state index contributed by atoms with van der Waals surface area (Å²) in [4.78, 5) is 27.0. The molecule has 1 aliphatic rings. The summed E-state index contributed by atoms with van der Waals surface area (Å²) in [5, 5.41) is 2.72. The van der Waals surface area contributed by atoms with E-state index in [4.69, 9.17) is 0 Å². The minimum Gasteiger partial charge on any atom is -0.324 e. The Bertz CT molecular complexity index is 1050. The first-order valence-corrected chi connectivity index (χ1v) is 8.74. The Labute approximate surface area is 160 Å². The van der Waals surface area contributed by atoms with Gasteiger partial charge < -0.3 is 10.2 Å². The Kier molecular flexibility index (Phi) is 4.61. The molecule has 3 aromatic carbocycles. The predicted molar refractivity (Wildman–Crippen MR) is 101 cm³/mol. The van der Waals surface area contributed by atoms with Crippen LogP contribution in [0.2, 0.25) is 0 Å². The van der Waals surface area contributed by atoms with Crippen molar-refractivity contribution in [3.05, 3.63) is 101 Å². The van der Waals surface area contributed by atoms with Crippen LogP contribution in [0.5, 0.6) is 0 Å². The summed E-state index contributed by atoms with van der Waals surface area (Å²) in [5.74, 6) is -1.95. The Balaban J connectivity index is 1.89. The zero-order valence-corrected chi connectivity index (χ0v) is 14.7. The maximum atomic E-state index is 14.1. The van der Waals surface area contributed by atoms with Crippen LogP contribution in [0.1, 0.15) is 27.5 Å². The highest BCUT2D eigenvalue weighted by Gasteiger charge is 2.34. The number of carbonyl (C=O) groups excluding carboxylic acids is 2. The fourth-order valence-electron chi connectivity index (χ4n) is 3.45. The number of carbonyl (C=O) groups is 2. The van der Waals surface area contributed by atoms with E-state index in [1.165, 1.54) is 41.3 Å². The number of anilines is 1. The van der Waals surface area contributed by atoms with Gasteiger partial charge in [0.05, 0.1) is 6.04 Å². The van der Waals surface area contributed by atoms with E-state index >= 15 is 0 Å². The average Bonchev–Trinajstić information content (AvgIpc) is 2.83. The van der Waals surface area contributed by atoms with Crippen molar-refractivity contribution in [3.63, 3.8) is 0 Å². The smallest absolute Gasteiger partial charge is 0.255 e. The van der Waals surface area contributed by atoms with E-state index in [0.717, 1.165) is 11.6 Å². The van der Waals surface area contributed by atoms with Crippen LogP contribution in [0.3, 0.4) is 0 Å². The molecule has 0 spiro atoms. The zero-order valence-electron chi connectivity index (χ0n) is 14.7. The van der Waals surface area contributed by atoms with Crippen LogP contribution in [0, 0.1) is 11.6 Å². The third-order valence-electron chi connectivity index (χ3n) is 4.66. The van der Waals surface area contributed by atoms with E-state index in [1.54, 1.807) is 24.3 Å². The van der Waals surface area contributed by atoms with Gasteiger partial charge in [-0.3, -0.25) is 9.59 Å². The minimum absolute atomic E-state index is 0.119. The molecule has 4 nitrogen and oxygen atoms in total. The van der Waals surface area contributed by atoms with Crippen molar-refractivity contribution >= 4 is 17.5 Å². The van der Waals surface area contributed by atoms with E-state index in [1.807, 2.05) is 6.07 Å². The van der Waals surface area contributed by atoms with Crippen molar-refractivity contribution < 1.29 is 18.4 Å². The van der Waals surface area contributed by atoms with Gasteiger partial charge in [-0.05, 0) is 42.0 Å². The lowest BCUT2D eigenvalue weighted by Crippen LogP contribution is -2.39. The third kappa shape index (κ3) is 3.36. The van der Waals surface area contributed by atoms with E-state index < -0.39 is 29.5 Å². The number of nitrogens with one attached hydrogen (secondary N) is 1. The van der Waals surface area contributed by atoms with Crippen molar-refractivity contribution in [2.24, 2.45) is 0 Å². The molecule has 6 heteroatoms. The molecular formula is C22H16F2N2O2. The molecule has 3 aromatic rings. The second kappa shape index (κ2) is 7.23. The Morgan fingerprint density at radius 2 is 1.68 bits per heavy atom. The van der Waals surface area contributed by atoms with Gasteiger partial charge in [0.1, 0.15) is 18.2 Å². The van der Waals surface area contributed by atoms with Gasteiger partial charge in [-0.2, -0.15) is 0 Å². The Hall–Kier alpha value is -3.54. The summed E-state index contributed by atoms with van der Waals surface area (Å²) in [6.45, 7) is -0.245. The highest BCUT2D eigenvalue weighted by atomic mass is 19.1. The summed E-state index contributed by atoms with van der Waals surface area (Å²) in [6.07, 6.45) is 0. The first kappa shape index (κ1) is 17.9. The van der Waals surface area contributed by atoms with E-state index in [2.05, 4.69) is 5.32 Å². The van der Waals surface area contributed by atoms with Crippen LogP contribution in [0.25, 0.3) is 0 Å². The minimum atomic E-state index is -0.707. The molecule has 1 atom stereocenters. The summed E-state index contributed by atoms with van der Waals surface area (Å²) in [6, 6.07) is 17.7. The molecule has 0 aliphatic carbocycles. The zero-order chi connectivity index (χ0) is 19.7. The van der Waals surface area contributed by atoms with Gasteiger partial charge in [-0.25, -0.2) is 8.78 Å². The quantitative estimate of drug-likeness (QED) is 0.728. The number of hydrogen-bond acceptors (Lipinski definition) is 2. The molecule has 0 unspecified atom stereocenters. The number of rotatable bonds is 2. The summed E-state index contributed by atoms with van der Waals surface area (Å²) in [5.41, 5.74) is 1.74. The van der Waals surface area contributed by atoms with Crippen LogP contribution in [-0.2, 0) is 4.79 Å². The SMILES string of the molecule is O=C1CN(C(=O)c2cccc(F)c2)[C@H](c2ccccc2)c2cc(F)ccc2N1. The fraction of sp³-hybridized carbons (Fsp3) is 0.0909. The van der Waals surface area contributed by atoms with Crippen molar-refractivity contribution in [1.82, 2.24) is 4.90 Å². The molecular weight excluding hydrogens is 362 g/mol. The highest BCUT2D eigenvalue weighted by molar-refractivity contribution is 6.01. The molecule has 0 aromatic heterocycles. The molecule has 140 valence electrons. The van der Waals surface area contributed by atoms with E-state index in [0.29, 0.717) is 11.3 Å². The third-order valence-corrected chi connectivity index (χ3v) is 4.66. The fourth-order valence-corrected chi connectivity index (χ4v) is 3.45. The van der Waals surface area contributed by atoms with Gasteiger partial charge in [-0.1, -0.05) is 36.4 Å². The number of nitrogens with zero attached hydrogens (tertiary/aromatic N) is 1. The van der Waals surface area contributed by atoms with E-state index in [9.17, 15) is 18.4 Å². The average molecular weight is 378 g/mol.